The maximum Gasteiger partial charge on any atom is 0.157 e. The van der Waals surface area contributed by atoms with Crippen LogP contribution in [0.3, 0.4) is 0 Å². The van der Waals surface area contributed by atoms with Crippen molar-refractivity contribution in [1.29, 1.82) is 0 Å². The summed E-state index contributed by atoms with van der Waals surface area (Å²) in [7, 11) is 3.55. The van der Waals surface area contributed by atoms with Crippen LogP contribution in [0.1, 0.15) is 0 Å². The number of nitrogens with zero attached hydrogens (tertiary/aromatic N) is 3. The second-order valence-electron chi connectivity index (χ2n) is 5.04. The Morgan fingerprint density at radius 3 is 2.77 bits per heavy atom. The number of anilines is 2. The third-order valence-corrected chi connectivity index (χ3v) is 3.53. The van der Waals surface area contributed by atoms with E-state index in [-0.39, 0.29) is 0 Å². The summed E-state index contributed by atoms with van der Waals surface area (Å²) >= 11 is 0. The quantitative estimate of drug-likeness (QED) is 0.706. The van der Waals surface area contributed by atoms with Crippen molar-refractivity contribution >= 4 is 22.5 Å². The van der Waals surface area contributed by atoms with E-state index in [1.807, 2.05) is 43.4 Å². The van der Waals surface area contributed by atoms with Gasteiger partial charge < -0.3 is 15.8 Å². The van der Waals surface area contributed by atoms with Crippen molar-refractivity contribution in [3.05, 3.63) is 36.4 Å². The lowest BCUT2D eigenvalue weighted by Gasteiger charge is -2.10. The minimum Gasteiger partial charge on any atom is -0.383 e. The number of rotatable bonds is 5. The van der Waals surface area contributed by atoms with Crippen molar-refractivity contribution in [1.82, 2.24) is 14.8 Å². The van der Waals surface area contributed by atoms with Gasteiger partial charge in [0.1, 0.15) is 5.82 Å². The number of nitrogens with two attached hydrogens (primary N) is 1. The van der Waals surface area contributed by atoms with Gasteiger partial charge in [0.25, 0.3) is 0 Å². The Hall–Kier alpha value is -2.60. The van der Waals surface area contributed by atoms with Gasteiger partial charge in [0.05, 0.1) is 23.2 Å². The second-order valence-corrected chi connectivity index (χ2v) is 5.04. The van der Waals surface area contributed by atoms with E-state index in [9.17, 15) is 0 Å². The van der Waals surface area contributed by atoms with Gasteiger partial charge in [0.2, 0.25) is 0 Å². The lowest BCUT2D eigenvalue weighted by Crippen LogP contribution is -2.09. The van der Waals surface area contributed by atoms with Crippen molar-refractivity contribution in [2.24, 2.45) is 7.05 Å². The molecule has 0 radical (unpaired) electrons. The fourth-order valence-electron chi connectivity index (χ4n) is 2.46. The first kappa shape index (κ1) is 14.3. The minimum atomic E-state index is 0.476. The highest BCUT2D eigenvalue weighted by Crippen LogP contribution is 2.31. The lowest BCUT2D eigenvalue weighted by molar-refractivity contribution is 0.210. The van der Waals surface area contributed by atoms with Crippen LogP contribution in [0, 0.1) is 0 Å². The van der Waals surface area contributed by atoms with E-state index in [1.165, 1.54) is 0 Å². The molecule has 0 aliphatic carbocycles. The maximum absolute atomic E-state index is 6.03. The van der Waals surface area contributed by atoms with Crippen LogP contribution in [0.5, 0.6) is 0 Å². The third-order valence-electron chi connectivity index (χ3n) is 3.53. The first-order valence-corrected chi connectivity index (χ1v) is 7.12. The molecule has 2 aromatic heterocycles. The van der Waals surface area contributed by atoms with Crippen LogP contribution in [0.2, 0.25) is 0 Å². The number of aromatic nitrogens is 3. The van der Waals surface area contributed by atoms with Gasteiger partial charge in [-0.05, 0) is 6.07 Å². The van der Waals surface area contributed by atoms with Crippen LogP contribution in [-0.2, 0) is 11.8 Å². The minimum absolute atomic E-state index is 0.476. The molecular weight excluding hydrogens is 278 g/mol. The summed E-state index contributed by atoms with van der Waals surface area (Å²) in [5.74, 6) is 1.21. The standard InChI is InChI=1S/C16H19N5O/c1-21-13-10-12(11-6-4-3-5-7-11)19-16(18-8-9-22-2)14(13)15(17)20-21/h3-7,10H,8-9H2,1-2H3,(H2,17,20)(H,18,19). The third kappa shape index (κ3) is 2.60. The Morgan fingerprint density at radius 2 is 2.05 bits per heavy atom. The van der Waals surface area contributed by atoms with Crippen molar-refractivity contribution < 1.29 is 4.74 Å². The molecule has 0 spiro atoms. The van der Waals surface area contributed by atoms with Gasteiger partial charge in [-0.3, -0.25) is 4.68 Å². The molecule has 0 unspecified atom stereocenters. The molecule has 1 aromatic carbocycles. The molecule has 0 amide bonds. The van der Waals surface area contributed by atoms with E-state index in [0.717, 1.165) is 28.0 Å². The molecule has 2 heterocycles. The zero-order valence-electron chi connectivity index (χ0n) is 12.7. The molecule has 0 aliphatic rings. The summed E-state index contributed by atoms with van der Waals surface area (Å²) in [4.78, 5) is 4.72. The number of nitrogens with one attached hydrogen (secondary N) is 1. The molecule has 0 bridgehead atoms. The molecule has 114 valence electrons. The number of fused-ring (bicyclic) bond motifs is 1. The van der Waals surface area contributed by atoms with E-state index < -0.39 is 0 Å². The molecule has 0 fully saturated rings. The Labute approximate surface area is 128 Å². The normalized spacial score (nSPS) is 11.0. The molecule has 22 heavy (non-hydrogen) atoms. The zero-order chi connectivity index (χ0) is 15.5. The molecule has 3 rings (SSSR count). The smallest absolute Gasteiger partial charge is 0.157 e. The highest BCUT2D eigenvalue weighted by atomic mass is 16.5. The Bertz CT molecular complexity index is 782. The first-order valence-electron chi connectivity index (χ1n) is 7.12. The molecule has 0 saturated carbocycles. The van der Waals surface area contributed by atoms with Crippen LogP contribution >= 0.6 is 0 Å². The number of benzene rings is 1. The summed E-state index contributed by atoms with van der Waals surface area (Å²) in [5, 5.41) is 8.43. The average molecular weight is 297 g/mol. The molecule has 6 heteroatoms. The molecule has 0 aliphatic heterocycles. The monoisotopic (exact) mass is 297 g/mol. The van der Waals surface area contributed by atoms with E-state index in [0.29, 0.717) is 19.0 Å². The number of nitrogen functional groups attached to an aromatic ring is 1. The van der Waals surface area contributed by atoms with Gasteiger partial charge in [0.15, 0.2) is 5.82 Å². The number of ether oxygens (including phenoxy) is 1. The summed E-state index contributed by atoms with van der Waals surface area (Å²) in [5.41, 5.74) is 8.92. The highest BCUT2D eigenvalue weighted by Gasteiger charge is 2.14. The SMILES string of the molecule is COCCNc1nc(-c2ccccc2)cc2c1c(N)nn2C. The number of aryl methyl sites for hydroxylation is 1. The zero-order valence-corrected chi connectivity index (χ0v) is 12.7. The van der Waals surface area contributed by atoms with Crippen molar-refractivity contribution in [2.75, 3.05) is 31.3 Å². The number of hydrogen-bond donors (Lipinski definition) is 2. The molecule has 3 N–H and O–H groups in total. The van der Waals surface area contributed by atoms with Crippen molar-refractivity contribution in [3.63, 3.8) is 0 Å². The van der Waals surface area contributed by atoms with Gasteiger partial charge in [-0.1, -0.05) is 30.3 Å². The average Bonchev–Trinajstić information content (AvgIpc) is 2.83. The van der Waals surface area contributed by atoms with E-state index in [2.05, 4.69) is 10.4 Å². The van der Waals surface area contributed by atoms with Gasteiger partial charge >= 0.3 is 0 Å². The largest absolute Gasteiger partial charge is 0.383 e. The summed E-state index contributed by atoms with van der Waals surface area (Å²) in [6.45, 7) is 1.25. The van der Waals surface area contributed by atoms with Gasteiger partial charge in [-0.25, -0.2) is 4.98 Å². The molecular formula is C16H19N5O. The lowest BCUT2D eigenvalue weighted by atomic mass is 10.1. The summed E-state index contributed by atoms with van der Waals surface area (Å²) in [6, 6.07) is 12.1. The topological polar surface area (TPSA) is 78.0 Å². The van der Waals surface area contributed by atoms with Crippen LogP contribution in [0.4, 0.5) is 11.6 Å². The van der Waals surface area contributed by atoms with Gasteiger partial charge in [-0.2, -0.15) is 5.10 Å². The predicted octanol–water partition coefficient (Wildman–Crippen LogP) is 2.28. The first-order chi connectivity index (χ1) is 10.7. The maximum atomic E-state index is 6.03. The number of methoxy groups -OCH3 is 1. The van der Waals surface area contributed by atoms with Crippen LogP contribution < -0.4 is 11.1 Å². The fraction of sp³-hybridized carbons (Fsp3) is 0.250. The Kier molecular flexibility index (Phi) is 3.93. The molecule has 0 saturated heterocycles. The van der Waals surface area contributed by atoms with Crippen LogP contribution in [0.15, 0.2) is 36.4 Å². The highest BCUT2D eigenvalue weighted by molar-refractivity contribution is 5.99. The van der Waals surface area contributed by atoms with Gasteiger partial charge in [0, 0.05) is 26.3 Å². The molecule has 6 nitrogen and oxygen atoms in total. The number of hydrogen-bond acceptors (Lipinski definition) is 5. The molecule has 0 atom stereocenters. The molecule has 3 aromatic rings. The van der Waals surface area contributed by atoms with E-state index in [1.54, 1.807) is 11.8 Å². The van der Waals surface area contributed by atoms with E-state index in [4.69, 9.17) is 15.5 Å². The second kappa shape index (κ2) is 6.03. The van der Waals surface area contributed by atoms with Crippen molar-refractivity contribution in [2.45, 2.75) is 0 Å². The summed E-state index contributed by atoms with van der Waals surface area (Å²) < 4.78 is 6.86. The van der Waals surface area contributed by atoms with E-state index >= 15 is 0 Å². The Balaban J connectivity index is 2.13. The fourth-order valence-corrected chi connectivity index (χ4v) is 2.46. The summed E-state index contributed by atoms with van der Waals surface area (Å²) in [6.07, 6.45) is 0. The van der Waals surface area contributed by atoms with Crippen molar-refractivity contribution in [3.8, 4) is 11.3 Å². The van der Waals surface area contributed by atoms with Gasteiger partial charge in [-0.15, -0.1) is 0 Å². The van der Waals surface area contributed by atoms with Crippen LogP contribution in [-0.4, -0.2) is 35.0 Å². The predicted molar refractivity (Wildman–Crippen MR) is 88.7 cm³/mol. The number of pyridine rings is 1. The van der Waals surface area contributed by atoms with Crippen LogP contribution in [0.25, 0.3) is 22.2 Å². The Morgan fingerprint density at radius 1 is 1.27 bits per heavy atom.